The van der Waals surface area contributed by atoms with Gasteiger partial charge in [0.1, 0.15) is 5.15 Å². The Kier molecular flexibility index (Phi) is 4.11. The fraction of sp³-hybridized carbons (Fsp3) is 0.583. The molecule has 1 aromatic heterocycles. The maximum Gasteiger partial charge on any atom is 0.129 e. The van der Waals surface area contributed by atoms with Gasteiger partial charge in [-0.15, -0.1) is 0 Å². The van der Waals surface area contributed by atoms with Crippen molar-refractivity contribution in [1.29, 1.82) is 0 Å². The van der Waals surface area contributed by atoms with Crippen molar-refractivity contribution in [2.45, 2.75) is 30.9 Å². The highest BCUT2D eigenvalue weighted by Gasteiger charge is 2.22. The number of hydrogen-bond acceptors (Lipinski definition) is 3. The van der Waals surface area contributed by atoms with Crippen LogP contribution in [0.2, 0.25) is 5.15 Å². The SMILES string of the molecule is CC1CN(Cc2cccc(Cl)n2)CC(C)S1. The number of halogens is 1. The molecule has 0 spiro atoms. The second-order valence-corrected chi connectivity index (χ2v) is 6.67. The first-order valence-electron chi connectivity index (χ1n) is 5.63. The Morgan fingerprint density at radius 3 is 2.69 bits per heavy atom. The Morgan fingerprint density at radius 2 is 2.06 bits per heavy atom. The summed E-state index contributed by atoms with van der Waals surface area (Å²) in [7, 11) is 0. The molecule has 0 aromatic carbocycles. The van der Waals surface area contributed by atoms with Crippen molar-refractivity contribution in [3.05, 3.63) is 29.0 Å². The average Bonchev–Trinajstić information content (AvgIpc) is 2.15. The largest absolute Gasteiger partial charge is 0.295 e. The molecule has 0 aliphatic carbocycles. The molecular formula is C12H17ClN2S. The topological polar surface area (TPSA) is 16.1 Å². The summed E-state index contributed by atoms with van der Waals surface area (Å²) in [6, 6.07) is 5.83. The second-order valence-electron chi connectivity index (χ2n) is 4.40. The molecule has 0 radical (unpaired) electrons. The van der Waals surface area contributed by atoms with Gasteiger partial charge >= 0.3 is 0 Å². The van der Waals surface area contributed by atoms with Gasteiger partial charge in [-0.1, -0.05) is 31.5 Å². The summed E-state index contributed by atoms with van der Waals surface area (Å²) in [4.78, 5) is 6.80. The molecule has 2 nitrogen and oxygen atoms in total. The molecule has 1 saturated heterocycles. The summed E-state index contributed by atoms with van der Waals surface area (Å²) in [5.74, 6) is 0. The van der Waals surface area contributed by atoms with Gasteiger partial charge in [0.15, 0.2) is 0 Å². The van der Waals surface area contributed by atoms with E-state index in [1.54, 1.807) is 0 Å². The maximum atomic E-state index is 5.89. The molecule has 4 heteroatoms. The fourth-order valence-electron chi connectivity index (χ4n) is 2.18. The lowest BCUT2D eigenvalue weighted by Gasteiger charge is -2.34. The van der Waals surface area contributed by atoms with Crippen molar-refractivity contribution >= 4 is 23.4 Å². The number of nitrogens with zero attached hydrogens (tertiary/aromatic N) is 2. The minimum absolute atomic E-state index is 0.588. The van der Waals surface area contributed by atoms with Crippen molar-refractivity contribution in [3.63, 3.8) is 0 Å². The van der Waals surface area contributed by atoms with Crippen molar-refractivity contribution in [2.24, 2.45) is 0 Å². The van der Waals surface area contributed by atoms with E-state index in [1.165, 1.54) is 0 Å². The van der Waals surface area contributed by atoms with E-state index in [0.717, 1.165) is 25.3 Å². The summed E-state index contributed by atoms with van der Waals surface area (Å²) in [6.07, 6.45) is 0. The van der Waals surface area contributed by atoms with Crippen LogP contribution in [0.3, 0.4) is 0 Å². The van der Waals surface area contributed by atoms with Gasteiger partial charge in [0, 0.05) is 30.1 Å². The summed E-state index contributed by atoms with van der Waals surface area (Å²) in [6.45, 7) is 7.78. The molecule has 1 aliphatic rings. The predicted octanol–water partition coefficient (Wildman–Crippen LogP) is 3.06. The number of pyridine rings is 1. The Morgan fingerprint density at radius 1 is 1.38 bits per heavy atom. The van der Waals surface area contributed by atoms with Gasteiger partial charge in [-0.2, -0.15) is 11.8 Å². The molecular weight excluding hydrogens is 240 g/mol. The monoisotopic (exact) mass is 256 g/mol. The zero-order chi connectivity index (χ0) is 11.5. The minimum atomic E-state index is 0.588. The minimum Gasteiger partial charge on any atom is -0.295 e. The average molecular weight is 257 g/mol. The lowest BCUT2D eigenvalue weighted by atomic mass is 10.3. The molecule has 1 fully saturated rings. The molecule has 2 rings (SSSR count). The number of rotatable bonds is 2. The van der Waals surface area contributed by atoms with Crippen LogP contribution >= 0.6 is 23.4 Å². The molecule has 2 atom stereocenters. The van der Waals surface area contributed by atoms with Crippen LogP contribution in [0.25, 0.3) is 0 Å². The molecule has 1 aromatic rings. The lowest BCUT2D eigenvalue weighted by molar-refractivity contribution is 0.260. The van der Waals surface area contributed by atoms with Gasteiger partial charge in [0.05, 0.1) is 5.69 Å². The van der Waals surface area contributed by atoms with E-state index >= 15 is 0 Å². The molecule has 1 aliphatic heterocycles. The van der Waals surface area contributed by atoms with Crippen LogP contribution in [0, 0.1) is 0 Å². The lowest BCUT2D eigenvalue weighted by Crippen LogP contribution is -2.39. The maximum absolute atomic E-state index is 5.89. The van der Waals surface area contributed by atoms with Gasteiger partial charge in [-0.3, -0.25) is 4.90 Å². The zero-order valence-electron chi connectivity index (χ0n) is 9.69. The third-order valence-corrected chi connectivity index (χ3v) is 4.09. The van der Waals surface area contributed by atoms with Crippen LogP contribution in [0.15, 0.2) is 18.2 Å². The highest BCUT2D eigenvalue weighted by atomic mass is 35.5. The molecule has 0 amide bonds. The van der Waals surface area contributed by atoms with Gasteiger partial charge in [0.25, 0.3) is 0 Å². The molecule has 16 heavy (non-hydrogen) atoms. The summed E-state index contributed by atoms with van der Waals surface area (Å²) in [5.41, 5.74) is 1.07. The molecule has 0 N–H and O–H groups in total. The first kappa shape index (κ1) is 12.2. The van der Waals surface area contributed by atoms with Crippen LogP contribution < -0.4 is 0 Å². The summed E-state index contributed by atoms with van der Waals surface area (Å²) < 4.78 is 0. The van der Waals surface area contributed by atoms with Gasteiger partial charge in [0.2, 0.25) is 0 Å². The highest BCUT2D eigenvalue weighted by molar-refractivity contribution is 8.00. The van der Waals surface area contributed by atoms with E-state index in [2.05, 4.69) is 35.5 Å². The Balaban J connectivity index is 1.98. The van der Waals surface area contributed by atoms with E-state index in [-0.39, 0.29) is 0 Å². The van der Waals surface area contributed by atoms with Crippen LogP contribution in [-0.2, 0) is 6.54 Å². The highest BCUT2D eigenvalue weighted by Crippen LogP contribution is 2.25. The standard InChI is InChI=1S/C12H17ClN2S/c1-9-6-15(7-10(2)16-9)8-11-4-3-5-12(13)14-11/h3-5,9-10H,6-8H2,1-2H3. The fourth-order valence-corrected chi connectivity index (χ4v) is 3.75. The number of hydrogen-bond donors (Lipinski definition) is 0. The van der Waals surface area contributed by atoms with E-state index in [1.807, 2.05) is 18.2 Å². The van der Waals surface area contributed by atoms with E-state index < -0.39 is 0 Å². The van der Waals surface area contributed by atoms with Crippen molar-refractivity contribution in [1.82, 2.24) is 9.88 Å². The molecule has 2 heterocycles. The van der Waals surface area contributed by atoms with Crippen LogP contribution in [0.4, 0.5) is 0 Å². The van der Waals surface area contributed by atoms with Crippen molar-refractivity contribution < 1.29 is 0 Å². The van der Waals surface area contributed by atoms with Gasteiger partial charge < -0.3 is 0 Å². The number of thioether (sulfide) groups is 1. The van der Waals surface area contributed by atoms with Gasteiger partial charge in [-0.25, -0.2) is 4.98 Å². The van der Waals surface area contributed by atoms with Crippen LogP contribution in [0.5, 0.6) is 0 Å². The van der Waals surface area contributed by atoms with E-state index in [0.29, 0.717) is 15.7 Å². The van der Waals surface area contributed by atoms with Gasteiger partial charge in [-0.05, 0) is 12.1 Å². The first-order valence-corrected chi connectivity index (χ1v) is 6.95. The third kappa shape index (κ3) is 3.37. The van der Waals surface area contributed by atoms with E-state index in [4.69, 9.17) is 11.6 Å². The van der Waals surface area contributed by atoms with Crippen LogP contribution in [-0.4, -0.2) is 33.5 Å². The Hall–Kier alpha value is -0.250. The molecule has 0 saturated carbocycles. The Labute approximate surface area is 106 Å². The molecule has 0 bridgehead atoms. The first-order chi connectivity index (χ1) is 7.63. The Bertz CT molecular complexity index is 349. The summed E-state index contributed by atoms with van der Waals surface area (Å²) >= 11 is 7.96. The van der Waals surface area contributed by atoms with Crippen molar-refractivity contribution in [3.8, 4) is 0 Å². The molecule has 2 unspecified atom stereocenters. The van der Waals surface area contributed by atoms with Crippen molar-refractivity contribution in [2.75, 3.05) is 13.1 Å². The molecule has 88 valence electrons. The smallest absolute Gasteiger partial charge is 0.129 e. The quantitative estimate of drug-likeness (QED) is 0.757. The summed E-state index contributed by atoms with van der Waals surface area (Å²) in [5, 5.41) is 2.01. The zero-order valence-corrected chi connectivity index (χ0v) is 11.3. The number of aromatic nitrogens is 1. The van der Waals surface area contributed by atoms with E-state index in [9.17, 15) is 0 Å². The van der Waals surface area contributed by atoms with Crippen LogP contribution in [0.1, 0.15) is 19.5 Å². The normalized spacial score (nSPS) is 26.9. The second kappa shape index (κ2) is 5.39. The third-order valence-electron chi connectivity index (χ3n) is 2.65. The predicted molar refractivity (Wildman–Crippen MR) is 71.0 cm³/mol.